The van der Waals surface area contributed by atoms with Crippen LogP contribution in [0.2, 0.25) is 0 Å². The summed E-state index contributed by atoms with van der Waals surface area (Å²) in [5, 5.41) is 1.76. The largest absolute Gasteiger partial charge is 0.438 e. The number of halogens is 1. The first kappa shape index (κ1) is 15.5. The van der Waals surface area contributed by atoms with Gasteiger partial charge < -0.3 is 4.42 Å². The molecule has 0 aliphatic heterocycles. The van der Waals surface area contributed by atoms with Gasteiger partial charge in [-0.3, -0.25) is 4.98 Å². The molecule has 1 aliphatic rings. The van der Waals surface area contributed by atoms with Crippen molar-refractivity contribution in [3.8, 4) is 11.3 Å². The predicted molar refractivity (Wildman–Crippen MR) is 100 cm³/mol. The van der Waals surface area contributed by atoms with Crippen molar-refractivity contribution in [2.75, 3.05) is 0 Å². The highest BCUT2D eigenvalue weighted by molar-refractivity contribution is 6.04. The molecule has 0 saturated heterocycles. The van der Waals surface area contributed by atoms with Crippen LogP contribution in [0.1, 0.15) is 31.2 Å². The van der Waals surface area contributed by atoms with Gasteiger partial charge in [0.1, 0.15) is 5.58 Å². The van der Waals surface area contributed by atoms with Gasteiger partial charge in [-0.1, -0.05) is 25.7 Å². The Balaban J connectivity index is 1.55. The Morgan fingerprint density at radius 2 is 1.88 bits per heavy atom. The molecule has 3 nitrogen and oxygen atoms in total. The number of benzene rings is 1. The first-order chi connectivity index (χ1) is 12.8. The van der Waals surface area contributed by atoms with Crippen LogP contribution in [0.3, 0.4) is 0 Å². The van der Waals surface area contributed by atoms with Gasteiger partial charge in [-0.25, -0.2) is 0 Å². The average Bonchev–Trinajstić information content (AvgIpc) is 3.28. The fraction of sp³-hybridized carbons (Fsp3) is 0.273. The fourth-order valence-electron chi connectivity index (χ4n) is 4.10. The van der Waals surface area contributed by atoms with Gasteiger partial charge in [0.05, 0.1) is 5.69 Å². The van der Waals surface area contributed by atoms with E-state index in [1.807, 2.05) is 18.3 Å². The lowest BCUT2D eigenvalue weighted by Crippen LogP contribution is -1.99. The van der Waals surface area contributed by atoms with Crippen molar-refractivity contribution < 1.29 is 8.81 Å². The van der Waals surface area contributed by atoms with Gasteiger partial charge in [-0.05, 0) is 60.4 Å². The quantitative estimate of drug-likeness (QED) is 0.433. The van der Waals surface area contributed by atoms with E-state index in [4.69, 9.17) is 4.42 Å². The maximum atomic E-state index is 13.3. The smallest absolute Gasteiger partial charge is 0.229 e. The molecule has 0 N–H and O–H groups in total. The Morgan fingerprint density at radius 1 is 1.00 bits per heavy atom. The Labute approximate surface area is 150 Å². The molecular weight excluding hydrogens is 327 g/mol. The van der Waals surface area contributed by atoms with Crippen LogP contribution in [-0.4, -0.2) is 9.97 Å². The zero-order chi connectivity index (χ0) is 17.5. The Morgan fingerprint density at radius 3 is 2.77 bits per heavy atom. The Bertz CT molecular complexity index is 1100. The average molecular weight is 346 g/mol. The minimum atomic E-state index is -0.530. The maximum Gasteiger partial charge on any atom is 0.229 e. The zero-order valence-corrected chi connectivity index (χ0v) is 14.4. The first-order valence-corrected chi connectivity index (χ1v) is 9.20. The number of pyridine rings is 2. The minimum absolute atomic E-state index is 0.333. The minimum Gasteiger partial charge on any atom is -0.438 e. The van der Waals surface area contributed by atoms with Crippen LogP contribution < -0.4 is 0 Å². The number of rotatable bonds is 3. The third kappa shape index (κ3) is 2.75. The van der Waals surface area contributed by atoms with Crippen LogP contribution in [0.5, 0.6) is 0 Å². The molecule has 0 atom stereocenters. The summed E-state index contributed by atoms with van der Waals surface area (Å²) in [5.41, 5.74) is 4.40. The van der Waals surface area contributed by atoms with E-state index >= 15 is 0 Å². The van der Waals surface area contributed by atoms with Gasteiger partial charge in [0.2, 0.25) is 11.7 Å². The van der Waals surface area contributed by atoms with Crippen molar-refractivity contribution in [2.45, 2.75) is 32.1 Å². The highest BCUT2D eigenvalue weighted by Gasteiger charge is 2.16. The van der Waals surface area contributed by atoms with Crippen LogP contribution in [0.15, 0.2) is 53.1 Å². The van der Waals surface area contributed by atoms with Crippen LogP contribution in [0.25, 0.3) is 33.3 Å². The first-order valence-electron chi connectivity index (χ1n) is 9.20. The van der Waals surface area contributed by atoms with Gasteiger partial charge in [0.25, 0.3) is 0 Å². The van der Waals surface area contributed by atoms with E-state index in [0.717, 1.165) is 34.4 Å². The third-order valence-corrected chi connectivity index (χ3v) is 5.42. The van der Waals surface area contributed by atoms with Crippen molar-refractivity contribution in [3.63, 3.8) is 0 Å². The lowest BCUT2D eigenvalue weighted by Gasteiger charge is -2.10. The molecule has 1 fully saturated rings. The second-order valence-electron chi connectivity index (χ2n) is 7.20. The van der Waals surface area contributed by atoms with Crippen LogP contribution in [0.4, 0.5) is 4.39 Å². The number of aromatic nitrogens is 2. The number of nitrogens with zero attached hydrogens (tertiary/aromatic N) is 2. The summed E-state index contributed by atoms with van der Waals surface area (Å²) in [6.45, 7) is 0. The van der Waals surface area contributed by atoms with Crippen LogP contribution >= 0.6 is 0 Å². The molecule has 1 aromatic carbocycles. The normalized spacial score (nSPS) is 15.3. The van der Waals surface area contributed by atoms with Gasteiger partial charge in [-0.2, -0.15) is 9.37 Å². The van der Waals surface area contributed by atoms with E-state index in [1.54, 1.807) is 6.07 Å². The summed E-state index contributed by atoms with van der Waals surface area (Å²) < 4.78 is 19.0. The number of hydrogen-bond acceptors (Lipinski definition) is 3. The van der Waals surface area contributed by atoms with E-state index in [-0.39, 0.29) is 0 Å². The van der Waals surface area contributed by atoms with E-state index in [9.17, 15) is 4.39 Å². The standard InChI is InChI=1S/C22H19FN2O/c23-21-8-6-17-18-13-16(5-7-20(18)26-22(17)25-21)19-12-15(9-10-24-19)11-14-3-1-2-4-14/h5-10,12-14H,1-4,11H2. The topological polar surface area (TPSA) is 38.9 Å². The van der Waals surface area contributed by atoms with Gasteiger partial charge in [0, 0.05) is 22.5 Å². The summed E-state index contributed by atoms with van der Waals surface area (Å²) in [6.07, 6.45) is 8.44. The molecule has 1 aliphatic carbocycles. The highest BCUT2D eigenvalue weighted by atomic mass is 19.1. The second kappa shape index (κ2) is 6.20. The zero-order valence-electron chi connectivity index (χ0n) is 14.4. The molecule has 0 bridgehead atoms. The number of hydrogen-bond donors (Lipinski definition) is 0. The number of furan rings is 1. The molecule has 130 valence electrons. The molecular formula is C22H19FN2O. The predicted octanol–water partition coefficient (Wildman–Crippen LogP) is 5.91. The molecule has 0 amide bonds. The SMILES string of the molecule is Fc1ccc2c(n1)oc1ccc(-c3cc(CC4CCCC4)ccn3)cc12. The van der Waals surface area contributed by atoms with Crippen molar-refractivity contribution in [3.05, 3.63) is 60.2 Å². The molecule has 26 heavy (non-hydrogen) atoms. The molecule has 4 heteroatoms. The summed E-state index contributed by atoms with van der Waals surface area (Å²) in [4.78, 5) is 8.40. The summed E-state index contributed by atoms with van der Waals surface area (Å²) in [6, 6.07) is 13.4. The molecule has 0 radical (unpaired) electrons. The Kier molecular flexibility index (Phi) is 3.70. The molecule has 1 saturated carbocycles. The molecule has 5 rings (SSSR count). The summed E-state index contributed by atoms with van der Waals surface area (Å²) >= 11 is 0. The van der Waals surface area contributed by atoms with Crippen LogP contribution in [0, 0.1) is 11.9 Å². The molecule has 0 spiro atoms. The maximum absolute atomic E-state index is 13.3. The van der Waals surface area contributed by atoms with Crippen LogP contribution in [-0.2, 0) is 6.42 Å². The monoisotopic (exact) mass is 346 g/mol. The van der Waals surface area contributed by atoms with Gasteiger partial charge in [-0.15, -0.1) is 0 Å². The van der Waals surface area contributed by atoms with Crippen molar-refractivity contribution >= 4 is 22.1 Å². The highest BCUT2D eigenvalue weighted by Crippen LogP contribution is 2.32. The Hall–Kier alpha value is -2.75. The lowest BCUT2D eigenvalue weighted by atomic mass is 9.97. The fourth-order valence-corrected chi connectivity index (χ4v) is 4.10. The molecule has 0 unspecified atom stereocenters. The summed E-state index contributed by atoms with van der Waals surface area (Å²) in [5.74, 6) is 0.282. The van der Waals surface area contributed by atoms with E-state index in [1.165, 1.54) is 37.3 Å². The van der Waals surface area contributed by atoms with E-state index in [0.29, 0.717) is 11.3 Å². The number of fused-ring (bicyclic) bond motifs is 3. The lowest BCUT2D eigenvalue weighted by molar-refractivity contribution is 0.546. The van der Waals surface area contributed by atoms with E-state index < -0.39 is 5.95 Å². The second-order valence-corrected chi connectivity index (χ2v) is 7.20. The van der Waals surface area contributed by atoms with Crippen molar-refractivity contribution in [1.29, 1.82) is 0 Å². The van der Waals surface area contributed by atoms with Gasteiger partial charge >= 0.3 is 0 Å². The van der Waals surface area contributed by atoms with Crippen molar-refractivity contribution in [2.24, 2.45) is 5.92 Å². The van der Waals surface area contributed by atoms with Crippen molar-refractivity contribution in [1.82, 2.24) is 9.97 Å². The molecule has 3 heterocycles. The summed E-state index contributed by atoms with van der Waals surface area (Å²) in [7, 11) is 0. The third-order valence-electron chi connectivity index (χ3n) is 5.42. The van der Waals surface area contributed by atoms with E-state index in [2.05, 4.69) is 28.2 Å². The molecule has 3 aromatic heterocycles. The van der Waals surface area contributed by atoms with Gasteiger partial charge in [0.15, 0.2) is 0 Å². The molecule has 4 aromatic rings.